The zero-order chi connectivity index (χ0) is 22.3. The summed E-state index contributed by atoms with van der Waals surface area (Å²) in [7, 11) is 0. The Bertz CT molecular complexity index is 1130. The van der Waals surface area contributed by atoms with Gasteiger partial charge >= 0.3 is 0 Å². The van der Waals surface area contributed by atoms with Gasteiger partial charge < -0.3 is 22.1 Å². The van der Waals surface area contributed by atoms with Crippen LogP contribution in [0.4, 0.5) is 21.7 Å². The van der Waals surface area contributed by atoms with Crippen molar-refractivity contribution in [2.24, 2.45) is 17.4 Å². The lowest BCUT2D eigenvalue weighted by atomic mass is 10.1. The van der Waals surface area contributed by atoms with Gasteiger partial charge in [0.25, 0.3) is 5.91 Å². The number of nitrogens with two attached hydrogens (primary N) is 2. The molecule has 9 heteroatoms. The molecule has 2 aromatic heterocycles. The van der Waals surface area contributed by atoms with Crippen LogP contribution in [0.15, 0.2) is 24.3 Å². The minimum Gasteiger partial charge on any atom is -0.365 e. The summed E-state index contributed by atoms with van der Waals surface area (Å²) < 4.78 is 16.7. The number of hydrogen-bond acceptors (Lipinski definition) is 6. The summed E-state index contributed by atoms with van der Waals surface area (Å²) in [6.07, 6.45) is 2.10. The zero-order valence-corrected chi connectivity index (χ0v) is 17.9. The number of halogens is 1. The number of primary amides is 1. The Labute approximate surface area is 180 Å². The second-order valence-corrected chi connectivity index (χ2v) is 8.20. The van der Waals surface area contributed by atoms with Crippen LogP contribution in [-0.2, 0) is 6.54 Å². The lowest BCUT2D eigenvalue weighted by Crippen LogP contribution is -2.40. The number of nitrogens with zero attached hydrogens (tertiary/aromatic N) is 3. The van der Waals surface area contributed by atoms with Gasteiger partial charge in [-0.3, -0.25) is 9.48 Å². The predicted molar refractivity (Wildman–Crippen MR) is 120 cm³/mol. The molecule has 1 saturated carbocycles. The Morgan fingerprint density at radius 1 is 1.32 bits per heavy atom. The van der Waals surface area contributed by atoms with E-state index in [0.29, 0.717) is 11.6 Å². The number of benzene rings is 1. The number of hydrogen-bond donors (Lipinski definition) is 4. The van der Waals surface area contributed by atoms with Crippen molar-refractivity contribution in [3.8, 4) is 0 Å². The number of carbonyl (C=O) groups is 1. The molecule has 31 heavy (non-hydrogen) atoms. The fourth-order valence-electron chi connectivity index (χ4n) is 3.96. The van der Waals surface area contributed by atoms with E-state index in [4.69, 9.17) is 11.5 Å². The number of nitrogens with one attached hydrogen (secondary N) is 2. The largest absolute Gasteiger partial charge is 0.365 e. The van der Waals surface area contributed by atoms with Gasteiger partial charge in [0, 0.05) is 29.7 Å². The van der Waals surface area contributed by atoms with Crippen molar-refractivity contribution < 1.29 is 9.18 Å². The molecule has 1 aromatic carbocycles. The average molecular weight is 426 g/mol. The fourth-order valence-corrected chi connectivity index (χ4v) is 3.96. The maximum absolute atomic E-state index is 14.7. The highest BCUT2D eigenvalue weighted by Gasteiger charge is 2.34. The van der Waals surface area contributed by atoms with E-state index in [9.17, 15) is 9.18 Å². The van der Waals surface area contributed by atoms with Gasteiger partial charge in [-0.2, -0.15) is 5.10 Å². The first-order chi connectivity index (χ1) is 14.8. The average Bonchev–Trinajstić information content (AvgIpc) is 3.51. The van der Waals surface area contributed by atoms with E-state index in [0.717, 1.165) is 42.0 Å². The van der Waals surface area contributed by atoms with E-state index < -0.39 is 11.7 Å². The molecule has 0 spiro atoms. The number of aromatic nitrogens is 3. The van der Waals surface area contributed by atoms with Crippen molar-refractivity contribution >= 4 is 34.1 Å². The van der Waals surface area contributed by atoms with E-state index in [1.54, 1.807) is 0 Å². The third kappa shape index (κ3) is 4.18. The molecule has 0 bridgehead atoms. The first kappa shape index (κ1) is 21.0. The molecule has 1 aliphatic carbocycles. The molecule has 0 aliphatic heterocycles. The molecule has 2 heterocycles. The lowest BCUT2D eigenvalue weighted by Gasteiger charge is -2.23. The molecular weight excluding hydrogens is 397 g/mol. The Kier molecular flexibility index (Phi) is 5.53. The molecule has 6 N–H and O–H groups in total. The van der Waals surface area contributed by atoms with Crippen molar-refractivity contribution in [3.05, 3.63) is 41.3 Å². The van der Waals surface area contributed by atoms with Crippen LogP contribution in [0.5, 0.6) is 0 Å². The number of carbonyl (C=O) groups excluding carboxylic acids is 1. The molecule has 8 nitrogen and oxygen atoms in total. The number of anilines is 3. The van der Waals surface area contributed by atoms with Crippen LogP contribution >= 0.6 is 0 Å². The topological polar surface area (TPSA) is 124 Å². The normalized spacial score (nSPS) is 15.6. The monoisotopic (exact) mass is 425 g/mol. The van der Waals surface area contributed by atoms with E-state index in [1.165, 1.54) is 0 Å². The molecule has 0 radical (unpaired) electrons. The summed E-state index contributed by atoms with van der Waals surface area (Å²) in [5.41, 5.74) is 14.2. The molecular formula is C22H28FN7O. The van der Waals surface area contributed by atoms with E-state index in [-0.39, 0.29) is 29.3 Å². The number of amides is 1. The molecule has 4 rings (SSSR count). The maximum Gasteiger partial charge on any atom is 0.252 e. The minimum absolute atomic E-state index is 0.0205. The summed E-state index contributed by atoms with van der Waals surface area (Å²) in [6, 6.07) is 6.61. The third-order valence-electron chi connectivity index (χ3n) is 5.74. The number of aryl methyl sites for hydroxylation is 2. The van der Waals surface area contributed by atoms with Crippen LogP contribution < -0.4 is 22.1 Å². The van der Waals surface area contributed by atoms with Crippen molar-refractivity contribution in [2.75, 3.05) is 10.6 Å². The van der Waals surface area contributed by atoms with Crippen molar-refractivity contribution in [1.82, 2.24) is 14.8 Å². The fraction of sp³-hybridized carbons (Fsp3) is 0.409. The Hall–Kier alpha value is -3.20. The molecule has 1 aliphatic rings. The summed E-state index contributed by atoms with van der Waals surface area (Å²) in [5.74, 6) is -0.759. The number of pyridine rings is 1. The SMILES string of the molecule is CCn1nc(C)c2cc(Nc3nc(N[C@H](C4CC4)[C@H](C)N)c(F)cc3C(N)=O)ccc21. The van der Waals surface area contributed by atoms with Crippen molar-refractivity contribution in [3.63, 3.8) is 0 Å². The van der Waals surface area contributed by atoms with Gasteiger partial charge in [-0.1, -0.05) is 0 Å². The smallest absolute Gasteiger partial charge is 0.252 e. The highest BCUT2D eigenvalue weighted by molar-refractivity contribution is 5.99. The van der Waals surface area contributed by atoms with Gasteiger partial charge in [0.2, 0.25) is 0 Å². The van der Waals surface area contributed by atoms with Crippen molar-refractivity contribution in [2.45, 2.75) is 52.2 Å². The summed E-state index contributed by atoms with van der Waals surface area (Å²) in [5, 5.41) is 11.8. The highest BCUT2D eigenvalue weighted by atomic mass is 19.1. The van der Waals surface area contributed by atoms with Gasteiger partial charge in [0.05, 0.1) is 16.8 Å². The molecule has 1 fully saturated rings. The molecule has 3 aromatic rings. The van der Waals surface area contributed by atoms with Gasteiger partial charge in [0.15, 0.2) is 11.6 Å². The van der Waals surface area contributed by atoms with E-state index in [2.05, 4.69) is 20.7 Å². The quantitative estimate of drug-likeness (QED) is 0.439. The molecule has 0 unspecified atom stereocenters. The van der Waals surface area contributed by atoms with Crippen LogP contribution in [0.2, 0.25) is 0 Å². The molecule has 2 atom stereocenters. The second kappa shape index (κ2) is 8.14. The lowest BCUT2D eigenvalue weighted by molar-refractivity contribution is 0.100. The highest BCUT2D eigenvalue weighted by Crippen LogP contribution is 2.36. The first-order valence-corrected chi connectivity index (χ1v) is 10.5. The van der Waals surface area contributed by atoms with Gasteiger partial charge in [0.1, 0.15) is 5.82 Å². The Morgan fingerprint density at radius 2 is 2.06 bits per heavy atom. The third-order valence-corrected chi connectivity index (χ3v) is 5.74. The first-order valence-electron chi connectivity index (χ1n) is 10.5. The molecule has 0 saturated heterocycles. The van der Waals surface area contributed by atoms with Crippen LogP contribution in [0.3, 0.4) is 0 Å². The predicted octanol–water partition coefficient (Wildman–Crippen LogP) is 3.28. The van der Waals surface area contributed by atoms with Crippen molar-refractivity contribution in [1.29, 1.82) is 0 Å². The number of rotatable bonds is 8. The summed E-state index contributed by atoms with van der Waals surface area (Å²) in [6.45, 7) is 6.63. The molecule has 164 valence electrons. The van der Waals surface area contributed by atoms with Gasteiger partial charge in [-0.15, -0.1) is 0 Å². The Balaban J connectivity index is 1.70. The van der Waals surface area contributed by atoms with Crippen LogP contribution in [0, 0.1) is 18.7 Å². The van der Waals surface area contributed by atoms with Crippen LogP contribution in [0.25, 0.3) is 10.9 Å². The van der Waals surface area contributed by atoms with Gasteiger partial charge in [-0.25, -0.2) is 9.37 Å². The standard InChI is InChI=1S/C22H28FN7O/c1-4-30-18-8-7-14(9-15(18)12(3)29-30)26-21-16(20(25)31)10-17(23)22(28-21)27-19(11(2)24)13-5-6-13/h7-11,13,19H,4-6,24H2,1-3H3,(H2,25,31)(H2,26,27,28)/t11-,19-/m0/s1. The van der Waals surface area contributed by atoms with E-state index in [1.807, 2.05) is 43.7 Å². The van der Waals surface area contributed by atoms with Crippen LogP contribution in [0.1, 0.15) is 42.7 Å². The van der Waals surface area contributed by atoms with E-state index >= 15 is 0 Å². The zero-order valence-electron chi connectivity index (χ0n) is 17.9. The number of fused-ring (bicyclic) bond motifs is 1. The Morgan fingerprint density at radius 3 is 2.68 bits per heavy atom. The van der Waals surface area contributed by atoms with Crippen LogP contribution in [-0.4, -0.2) is 32.8 Å². The molecule has 1 amide bonds. The summed E-state index contributed by atoms with van der Waals surface area (Å²) >= 11 is 0. The summed E-state index contributed by atoms with van der Waals surface area (Å²) in [4.78, 5) is 16.3. The second-order valence-electron chi connectivity index (χ2n) is 8.20. The minimum atomic E-state index is -0.762. The van der Waals surface area contributed by atoms with Gasteiger partial charge in [-0.05, 0) is 63.8 Å². The maximum atomic E-state index is 14.7.